The van der Waals surface area contributed by atoms with Crippen molar-refractivity contribution < 1.29 is 4.39 Å². The lowest BCUT2D eigenvalue weighted by Crippen LogP contribution is -2.32. The summed E-state index contributed by atoms with van der Waals surface area (Å²) in [5.41, 5.74) is 2.42. The van der Waals surface area contributed by atoms with Crippen LogP contribution >= 0.6 is 0 Å². The minimum Gasteiger partial charge on any atom is -0.238 e. The van der Waals surface area contributed by atoms with Gasteiger partial charge in [-0.1, -0.05) is 68.5 Å². The first-order valence-corrected chi connectivity index (χ1v) is 8.22. The van der Waals surface area contributed by atoms with Crippen LogP contribution in [0, 0.1) is 17.2 Å². The quantitative estimate of drug-likeness (QED) is 0.702. The second-order valence-electron chi connectivity index (χ2n) is 6.46. The van der Waals surface area contributed by atoms with Gasteiger partial charge in [0.1, 0.15) is 5.67 Å². The lowest BCUT2D eigenvalue weighted by molar-refractivity contribution is 0.174. The standard InChI is InChI=1S/C22H20FN/c1-16(2)22(23)13-12-18(17-8-4-3-5-9-17)14-21(22)20-11-7-6-10-19(20)15-24/h3-12,14,16H,13H2,1-2H3. The maximum atomic E-state index is 15.8. The molecular weight excluding hydrogens is 297 g/mol. The van der Waals surface area contributed by atoms with Crippen molar-refractivity contribution in [1.29, 1.82) is 5.26 Å². The molecule has 0 fully saturated rings. The van der Waals surface area contributed by atoms with Crippen molar-refractivity contribution in [3.05, 3.63) is 83.4 Å². The van der Waals surface area contributed by atoms with Crippen LogP contribution in [0.1, 0.15) is 37.0 Å². The Labute approximate surface area is 142 Å². The predicted octanol–water partition coefficient (Wildman–Crippen LogP) is 5.79. The Kier molecular flexibility index (Phi) is 4.36. The molecule has 120 valence electrons. The minimum atomic E-state index is -1.47. The highest BCUT2D eigenvalue weighted by Gasteiger charge is 2.40. The van der Waals surface area contributed by atoms with Gasteiger partial charge in [0.2, 0.25) is 0 Å². The molecule has 0 heterocycles. The molecule has 3 rings (SSSR count). The van der Waals surface area contributed by atoms with Crippen molar-refractivity contribution >= 4 is 11.1 Å². The van der Waals surface area contributed by atoms with Gasteiger partial charge in [0.05, 0.1) is 11.6 Å². The molecule has 2 heteroatoms. The third kappa shape index (κ3) is 2.78. The van der Waals surface area contributed by atoms with Gasteiger partial charge in [-0.15, -0.1) is 0 Å². The Morgan fingerprint density at radius 1 is 1.04 bits per heavy atom. The van der Waals surface area contributed by atoms with E-state index in [1.165, 1.54) is 0 Å². The zero-order valence-corrected chi connectivity index (χ0v) is 14.0. The Bertz CT molecular complexity index is 840. The zero-order valence-electron chi connectivity index (χ0n) is 14.0. The summed E-state index contributed by atoms with van der Waals surface area (Å²) in [6, 6.07) is 19.4. The number of nitriles is 1. The number of rotatable bonds is 3. The third-order valence-electron chi connectivity index (χ3n) is 4.73. The third-order valence-corrected chi connectivity index (χ3v) is 4.73. The Morgan fingerprint density at radius 2 is 1.71 bits per heavy atom. The number of hydrogen-bond acceptors (Lipinski definition) is 1. The molecule has 1 nitrogen and oxygen atoms in total. The van der Waals surface area contributed by atoms with Gasteiger partial charge in [-0.05, 0) is 40.3 Å². The molecule has 24 heavy (non-hydrogen) atoms. The summed E-state index contributed by atoms with van der Waals surface area (Å²) in [5.74, 6) is -0.177. The van der Waals surface area contributed by atoms with Crippen LogP contribution in [0.4, 0.5) is 4.39 Å². The van der Waals surface area contributed by atoms with Crippen LogP contribution < -0.4 is 0 Å². The van der Waals surface area contributed by atoms with Crippen LogP contribution in [0.15, 0.2) is 66.7 Å². The van der Waals surface area contributed by atoms with Crippen molar-refractivity contribution in [2.75, 3.05) is 0 Å². The van der Waals surface area contributed by atoms with E-state index in [1.807, 2.05) is 74.5 Å². The molecule has 1 aliphatic rings. The van der Waals surface area contributed by atoms with Gasteiger partial charge in [-0.25, -0.2) is 4.39 Å². The van der Waals surface area contributed by atoms with Crippen LogP contribution in [0.25, 0.3) is 11.1 Å². The fourth-order valence-electron chi connectivity index (χ4n) is 3.20. The van der Waals surface area contributed by atoms with E-state index in [9.17, 15) is 5.26 Å². The van der Waals surface area contributed by atoms with Crippen LogP contribution in [0.5, 0.6) is 0 Å². The summed E-state index contributed by atoms with van der Waals surface area (Å²) < 4.78 is 15.8. The van der Waals surface area contributed by atoms with E-state index in [-0.39, 0.29) is 5.92 Å². The fourth-order valence-corrected chi connectivity index (χ4v) is 3.20. The summed E-state index contributed by atoms with van der Waals surface area (Å²) in [5, 5.41) is 9.43. The number of nitrogens with zero attached hydrogens (tertiary/aromatic N) is 1. The lowest BCUT2D eigenvalue weighted by Gasteiger charge is -2.35. The second-order valence-corrected chi connectivity index (χ2v) is 6.46. The molecule has 0 bridgehead atoms. The first kappa shape index (κ1) is 16.2. The summed E-state index contributed by atoms with van der Waals surface area (Å²) >= 11 is 0. The summed E-state index contributed by atoms with van der Waals surface area (Å²) in [7, 11) is 0. The topological polar surface area (TPSA) is 23.8 Å². The molecule has 0 saturated heterocycles. The Hall–Kier alpha value is -2.66. The monoisotopic (exact) mass is 317 g/mol. The molecule has 0 aromatic heterocycles. The number of halogens is 1. The molecule has 0 amide bonds. The maximum absolute atomic E-state index is 15.8. The normalized spacial score (nSPS) is 20.3. The zero-order chi connectivity index (χ0) is 17.2. The van der Waals surface area contributed by atoms with Crippen LogP contribution in [-0.4, -0.2) is 5.67 Å². The van der Waals surface area contributed by atoms with Crippen LogP contribution in [0.3, 0.4) is 0 Å². The molecule has 2 aromatic carbocycles. The molecule has 0 saturated carbocycles. The predicted molar refractivity (Wildman–Crippen MR) is 96.8 cm³/mol. The first-order valence-electron chi connectivity index (χ1n) is 8.22. The highest BCUT2D eigenvalue weighted by atomic mass is 19.1. The van der Waals surface area contributed by atoms with Crippen molar-refractivity contribution in [3.63, 3.8) is 0 Å². The average molecular weight is 317 g/mol. The van der Waals surface area contributed by atoms with Crippen LogP contribution in [-0.2, 0) is 0 Å². The molecule has 0 spiro atoms. The fraction of sp³-hybridized carbons (Fsp3) is 0.227. The van der Waals surface area contributed by atoms with Gasteiger partial charge in [-0.2, -0.15) is 5.26 Å². The largest absolute Gasteiger partial charge is 0.238 e. The van der Waals surface area contributed by atoms with E-state index in [4.69, 9.17) is 0 Å². The average Bonchev–Trinajstić information content (AvgIpc) is 2.62. The number of alkyl halides is 1. The van der Waals surface area contributed by atoms with Crippen LogP contribution in [0.2, 0.25) is 0 Å². The lowest BCUT2D eigenvalue weighted by atomic mass is 9.74. The molecular formula is C22H20FN. The molecule has 0 aliphatic heterocycles. The second kappa shape index (κ2) is 6.45. The number of hydrogen-bond donors (Lipinski definition) is 0. The van der Waals surface area contributed by atoms with Gasteiger partial charge in [0, 0.05) is 6.42 Å². The van der Waals surface area contributed by atoms with Gasteiger partial charge >= 0.3 is 0 Å². The van der Waals surface area contributed by atoms with Gasteiger partial charge in [-0.3, -0.25) is 0 Å². The van der Waals surface area contributed by atoms with E-state index in [0.717, 1.165) is 11.1 Å². The van der Waals surface area contributed by atoms with E-state index in [2.05, 4.69) is 6.07 Å². The van der Waals surface area contributed by atoms with E-state index < -0.39 is 5.67 Å². The van der Waals surface area contributed by atoms with Crippen molar-refractivity contribution in [3.8, 4) is 6.07 Å². The van der Waals surface area contributed by atoms with Crippen molar-refractivity contribution in [1.82, 2.24) is 0 Å². The van der Waals surface area contributed by atoms with Crippen molar-refractivity contribution in [2.45, 2.75) is 25.9 Å². The molecule has 1 unspecified atom stereocenters. The molecule has 1 atom stereocenters. The number of allylic oxidation sites excluding steroid dienone is 4. The summed E-state index contributed by atoms with van der Waals surface area (Å²) in [6.45, 7) is 3.79. The maximum Gasteiger partial charge on any atom is 0.142 e. The van der Waals surface area contributed by atoms with Gasteiger partial charge in [0.15, 0.2) is 0 Å². The SMILES string of the molecule is CC(C)C1(F)CC=C(c2ccccc2)C=C1c1ccccc1C#N. The molecule has 2 aromatic rings. The van der Waals surface area contributed by atoms with Crippen molar-refractivity contribution in [2.24, 2.45) is 5.92 Å². The Morgan fingerprint density at radius 3 is 2.38 bits per heavy atom. The smallest absolute Gasteiger partial charge is 0.142 e. The number of benzene rings is 2. The van der Waals surface area contributed by atoms with Gasteiger partial charge in [0.25, 0.3) is 0 Å². The summed E-state index contributed by atoms with van der Waals surface area (Å²) in [4.78, 5) is 0. The highest BCUT2D eigenvalue weighted by Crippen LogP contribution is 2.46. The van der Waals surface area contributed by atoms with E-state index >= 15 is 4.39 Å². The molecule has 0 radical (unpaired) electrons. The molecule has 0 N–H and O–H groups in total. The van der Waals surface area contributed by atoms with E-state index in [0.29, 0.717) is 23.1 Å². The Balaban J connectivity index is 2.17. The van der Waals surface area contributed by atoms with Gasteiger partial charge < -0.3 is 0 Å². The highest BCUT2D eigenvalue weighted by molar-refractivity contribution is 5.90. The van der Waals surface area contributed by atoms with E-state index in [1.54, 1.807) is 6.07 Å². The molecule has 1 aliphatic carbocycles. The summed E-state index contributed by atoms with van der Waals surface area (Å²) in [6.07, 6.45) is 4.20. The first-order chi connectivity index (χ1) is 11.6. The minimum absolute atomic E-state index is 0.177.